The molecule has 0 rings (SSSR count). The first-order chi connectivity index (χ1) is 23.4. The molecule has 0 aliphatic carbocycles. The summed E-state index contributed by atoms with van der Waals surface area (Å²) in [6.07, 6.45) is 42.8. The molecular weight excluding hydrogens is 600 g/mol. The minimum Gasteiger partial charge on any atom is -0.480 e. The van der Waals surface area contributed by atoms with Crippen molar-refractivity contribution in [1.29, 1.82) is 0 Å². The van der Waals surface area contributed by atoms with E-state index in [-0.39, 0.29) is 18.0 Å². The van der Waals surface area contributed by atoms with Gasteiger partial charge in [0.1, 0.15) is 12.1 Å². The van der Waals surface area contributed by atoms with Gasteiger partial charge in [-0.1, -0.05) is 113 Å². The predicted octanol–water partition coefficient (Wildman–Crippen LogP) is 10.2. The van der Waals surface area contributed by atoms with Crippen LogP contribution in [0.3, 0.4) is 0 Å². The standard InChI is InChI=1S/C41H70N2O5/c1-3-5-7-9-10-11-12-13-14-15-16-17-18-19-20-21-22-23-29-35-40(45)48-37(31-26-8-6-4-2)32-27-24-25-28-34-39(44)43-38(41(46)47)33-30-36-42/h5,7,10-11,13-14,16-17,19-20,37-38H,3-4,6,8-9,12,15,18,21-36,42H2,1-2H3,(H,43,44)(H,46,47)/b7-5-,11-10-,14-13-,17-16-,20-19-. The molecule has 7 heteroatoms. The minimum atomic E-state index is -1.02. The highest BCUT2D eigenvalue weighted by atomic mass is 16.5. The molecular formula is C41H70N2O5. The summed E-state index contributed by atoms with van der Waals surface area (Å²) in [7, 11) is 0. The zero-order chi connectivity index (χ0) is 35.3. The Morgan fingerprint density at radius 2 is 1.15 bits per heavy atom. The van der Waals surface area contributed by atoms with Crippen LogP contribution in [-0.2, 0) is 19.1 Å². The van der Waals surface area contributed by atoms with Gasteiger partial charge < -0.3 is 20.9 Å². The second-order valence-corrected chi connectivity index (χ2v) is 12.6. The van der Waals surface area contributed by atoms with E-state index in [9.17, 15) is 19.5 Å². The number of esters is 1. The normalized spacial score (nSPS) is 13.4. The highest BCUT2D eigenvalue weighted by Gasteiger charge is 2.19. The van der Waals surface area contributed by atoms with Gasteiger partial charge in [0.2, 0.25) is 5.91 Å². The highest BCUT2D eigenvalue weighted by molar-refractivity contribution is 5.83. The molecule has 0 aromatic heterocycles. The topological polar surface area (TPSA) is 119 Å². The molecule has 0 aliphatic heterocycles. The van der Waals surface area contributed by atoms with Gasteiger partial charge in [-0.2, -0.15) is 0 Å². The maximum Gasteiger partial charge on any atom is 0.326 e. The van der Waals surface area contributed by atoms with Crippen LogP contribution in [0, 0.1) is 0 Å². The third-order valence-electron chi connectivity index (χ3n) is 8.10. The number of nitrogens with one attached hydrogen (secondary N) is 1. The summed E-state index contributed by atoms with van der Waals surface area (Å²) in [5.41, 5.74) is 5.46. The van der Waals surface area contributed by atoms with Crippen molar-refractivity contribution < 1.29 is 24.2 Å². The molecule has 7 nitrogen and oxygen atoms in total. The van der Waals surface area contributed by atoms with Crippen LogP contribution in [0.15, 0.2) is 60.8 Å². The van der Waals surface area contributed by atoms with Crippen LogP contribution in [0.1, 0.15) is 162 Å². The number of rotatable bonds is 33. The number of carboxylic acids is 1. The lowest BCUT2D eigenvalue weighted by molar-refractivity contribution is -0.150. The number of nitrogens with two attached hydrogens (primary N) is 1. The Balaban J connectivity index is 4.12. The first kappa shape index (κ1) is 45.1. The van der Waals surface area contributed by atoms with E-state index in [1.807, 2.05) is 0 Å². The van der Waals surface area contributed by atoms with Crippen molar-refractivity contribution in [3.05, 3.63) is 60.8 Å². The number of aliphatic carboxylic acids is 1. The zero-order valence-corrected chi connectivity index (χ0v) is 30.6. The zero-order valence-electron chi connectivity index (χ0n) is 30.6. The Morgan fingerprint density at radius 3 is 1.71 bits per heavy atom. The number of carbonyl (C=O) groups excluding carboxylic acids is 2. The predicted molar refractivity (Wildman–Crippen MR) is 202 cm³/mol. The summed E-state index contributed by atoms with van der Waals surface area (Å²) in [6, 6.07) is -0.868. The first-order valence-electron chi connectivity index (χ1n) is 19.1. The smallest absolute Gasteiger partial charge is 0.326 e. The molecule has 0 radical (unpaired) electrons. The Bertz CT molecular complexity index is 937. The number of ether oxygens (including phenoxy) is 1. The molecule has 4 N–H and O–H groups in total. The van der Waals surface area contributed by atoms with Gasteiger partial charge in [0, 0.05) is 12.8 Å². The van der Waals surface area contributed by atoms with Crippen LogP contribution in [0.25, 0.3) is 0 Å². The van der Waals surface area contributed by atoms with Crippen LogP contribution in [0.4, 0.5) is 0 Å². The number of carboxylic acid groups (broad SMARTS) is 1. The van der Waals surface area contributed by atoms with Gasteiger partial charge >= 0.3 is 11.9 Å². The van der Waals surface area contributed by atoms with Gasteiger partial charge in [-0.25, -0.2) is 4.79 Å². The molecule has 1 amide bonds. The quantitative estimate of drug-likeness (QED) is 0.0363. The average molecular weight is 671 g/mol. The first-order valence-corrected chi connectivity index (χ1v) is 19.1. The van der Waals surface area contributed by atoms with E-state index >= 15 is 0 Å². The summed E-state index contributed by atoms with van der Waals surface area (Å²) >= 11 is 0. The number of hydrogen-bond donors (Lipinski definition) is 3. The van der Waals surface area contributed by atoms with Gasteiger partial charge in [-0.05, 0) is 103 Å². The van der Waals surface area contributed by atoms with Gasteiger partial charge in [0.15, 0.2) is 0 Å². The SMILES string of the molecule is CC/C=C\C/C=C\C/C=C\C/C=C\C/C=C\CCCCCC(=O)OC(CCCCCC)CCCCCCC(=O)NC(CCCN)C(=O)O. The summed E-state index contributed by atoms with van der Waals surface area (Å²) in [5, 5.41) is 11.9. The molecule has 0 spiro atoms. The van der Waals surface area contributed by atoms with E-state index < -0.39 is 12.0 Å². The Kier molecular flexibility index (Phi) is 33.2. The van der Waals surface area contributed by atoms with E-state index in [2.05, 4.69) is 79.9 Å². The van der Waals surface area contributed by atoms with E-state index in [0.29, 0.717) is 32.2 Å². The van der Waals surface area contributed by atoms with E-state index in [4.69, 9.17) is 10.5 Å². The molecule has 0 aliphatic rings. The number of allylic oxidation sites excluding steroid dienone is 10. The van der Waals surface area contributed by atoms with E-state index in [0.717, 1.165) is 109 Å². The van der Waals surface area contributed by atoms with Gasteiger partial charge in [-0.15, -0.1) is 0 Å². The lowest BCUT2D eigenvalue weighted by Gasteiger charge is -2.18. The summed E-state index contributed by atoms with van der Waals surface area (Å²) in [5.74, 6) is -1.32. The fraction of sp³-hybridized carbons (Fsp3) is 0.683. The van der Waals surface area contributed by atoms with Crippen molar-refractivity contribution in [2.24, 2.45) is 5.73 Å². The van der Waals surface area contributed by atoms with Crippen molar-refractivity contribution in [2.45, 2.75) is 174 Å². The average Bonchev–Trinajstić information content (AvgIpc) is 3.07. The van der Waals surface area contributed by atoms with Crippen LogP contribution >= 0.6 is 0 Å². The highest BCUT2D eigenvalue weighted by Crippen LogP contribution is 2.17. The fourth-order valence-electron chi connectivity index (χ4n) is 5.24. The maximum absolute atomic E-state index is 12.6. The lowest BCUT2D eigenvalue weighted by Crippen LogP contribution is -2.40. The fourth-order valence-corrected chi connectivity index (χ4v) is 5.24. The molecule has 2 atom stereocenters. The van der Waals surface area contributed by atoms with Crippen LogP contribution < -0.4 is 11.1 Å². The number of amides is 1. The van der Waals surface area contributed by atoms with Crippen molar-refractivity contribution in [3.8, 4) is 0 Å². The number of carbonyl (C=O) groups is 3. The summed E-state index contributed by atoms with van der Waals surface area (Å²) < 4.78 is 5.91. The second kappa shape index (κ2) is 35.4. The van der Waals surface area contributed by atoms with Crippen molar-refractivity contribution >= 4 is 17.8 Å². The Labute approximate surface area is 293 Å². The number of hydrogen-bond acceptors (Lipinski definition) is 5. The third kappa shape index (κ3) is 31.7. The molecule has 2 unspecified atom stereocenters. The van der Waals surface area contributed by atoms with E-state index in [1.54, 1.807) is 0 Å². The molecule has 0 heterocycles. The van der Waals surface area contributed by atoms with Crippen LogP contribution in [0.5, 0.6) is 0 Å². The largest absolute Gasteiger partial charge is 0.480 e. The van der Waals surface area contributed by atoms with E-state index in [1.165, 1.54) is 12.8 Å². The Hall–Kier alpha value is -2.93. The molecule has 0 bridgehead atoms. The van der Waals surface area contributed by atoms with Crippen LogP contribution in [0.2, 0.25) is 0 Å². The number of unbranched alkanes of at least 4 members (excludes halogenated alkanes) is 9. The molecule has 0 aromatic carbocycles. The molecule has 0 aromatic rings. The van der Waals surface area contributed by atoms with Gasteiger partial charge in [0.25, 0.3) is 0 Å². The Morgan fingerprint density at radius 1 is 0.625 bits per heavy atom. The second-order valence-electron chi connectivity index (χ2n) is 12.6. The monoisotopic (exact) mass is 671 g/mol. The van der Waals surface area contributed by atoms with Crippen LogP contribution in [-0.4, -0.2) is 41.6 Å². The van der Waals surface area contributed by atoms with Crippen molar-refractivity contribution in [3.63, 3.8) is 0 Å². The van der Waals surface area contributed by atoms with Crippen molar-refractivity contribution in [2.75, 3.05) is 6.54 Å². The lowest BCUT2D eigenvalue weighted by atomic mass is 10.0. The van der Waals surface area contributed by atoms with Gasteiger partial charge in [0.05, 0.1) is 0 Å². The summed E-state index contributed by atoms with van der Waals surface area (Å²) in [4.78, 5) is 36.1. The minimum absolute atomic E-state index is 0.0298. The third-order valence-corrected chi connectivity index (χ3v) is 8.10. The maximum atomic E-state index is 12.6. The van der Waals surface area contributed by atoms with Crippen molar-refractivity contribution in [1.82, 2.24) is 5.32 Å². The molecule has 0 saturated heterocycles. The molecule has 48 heavy (non-hydrogen) atoms. The molecule has 274 valence electrons. The molecule has 0 fully saturated rings. The molecule has 0 saturated carbocycles. The van der Waals surface area contributed by atoms with Gasteiger partial charge in [-0.3, -0.25) is 9.59 Å². The summed E-state index contributed by atoms with van der Waals surface area (Å²) in [6.45, 7) is 4.75.